The van der Waals surface area contributed by atoms with Gasteiger partial charge in [0.05, 0.1) is 18.1 Å². The monoisotopic (exact) mass is 250 g/mol. The van der Waals surface area contributed by atoms with Crippen molar-refractivity contribution >= 4 is 11.4 Å². The molecule has 0 aliphatic rings. The Labute approximate surface area is 107 Å². The van der Waals surface area contributed by atoms with Crippen LogP contribution in [0.2, 0.25) is 0 Å². The van der Waals surface area contributed by atoms with Gasteiger partial charge < -0.3 is 10.1 Å². The molecule has 0 amide bonds. The van der Waals surface area contributed by atoms with Gasteiger partial charge in [-0.15, -0.1) is 6.58 Å². The lowest BCUT2D eigenvalue weighted by atomic mass is 10.1. The number of anilines is 1. The van der Waals surface area contributed by atoms with Crippen LogP contribution in [-0.4, -0.2) is 24.7 Å². The Morgan fingerprint density at radius 3 is 2.94 bits per heavy atom. The Morgan fingerprint density at radius 1 is 1.50 bits per heavy atom. The van der Waals surface area contributed by atoms with Crippen molar-refractivity contribution in [2.45, 2.75) is 13.3 Å². The number of ether oxygens (including phenoxy) is 1. The number of benzene rings is 1. The number of hydrogen-bond acceptors (Lipinski definition) is 4. The first-order chi connectivity index (χ1) is 8.66. The molecule has 1 aromatic rings. The lowest BCUT2D eigenvalue weighted by Crippen LogP contribution is -2.11. The maximum atomic E-state index is 10.9. The number of hydrogen-bond donors (Lipinski definition) is 1. The van der Waals surface area contributed by atoms with E-state index >= 15 is 0 Å². The van der Waals surface area contributed by atoms with Gasteiger partial charge in [0.15, 0.2) is 0 Å². The lowest BCUT2D eigenvalue weighted by Gasteiger charge is -2.08. The summed E-state index contributed by atoms with van der Waals surface area (Å²) < 4.78 is 5.32. The molecule has 0 heterocycles. The molecule has 0 aliphatic heterocycles. The second-order valence-corrected chi connectivity index (χ2v) is 3.84. The summed E-state index contributed by atoms with van der Waals surface area (Å²) in [6.07, 6.45) is 2.60. The molecule has 0 spiro atoms. The van der Waals surface area contributed by atoms with Crippen LogP contribution in [0.1, 0.15) is 12.0 Å². The summed E-state index contributed by atoms with van der Waals surface area (Å²) in [6, 6.07) is 5.22. The summed E-state index contributed by atoms with van der Waals surface area (Å²) in [5.41, 5.74) is 1.31. The molecule has 1 rings (SSSR count). The van der Waals surface area contributed by atoms with E-state index in [-0.39, 0.29) is 10.6 Å². The zero-order valence-electron chi connectivity index (χ0n) is 10.5. The SMILES string of the molecule is C=CCCOCCNc1cccc(C)c1[N+](=O)[O-]. The summed E-state index contributed by atoms with van der Waals surface area (Å²) in [7, 11) is 0. The van der Waals surface area contributed by atoms with Crippen molar-refractivity contribution in [1.29, 1.82) is 0 Å². The second-order valence-electron chi connectivity index (χ2n) is 3.84. The van der Waals surface area contributed by atoms with Crippen LogP contribution in [0.3, 0.4) is 0 Å². The molecule has 0 aromatic heterocycles. The third-order valence-corrected chi connectivity index (χ3v) is 2.45. The first kappa shape index (κ1) is 14.2. The van der Waals surface area contributed by atoms with Gasteiger partial charge in [-0.3, -0.25) is 10.1 Å². The van der Waals surface area contributed by atoms with E-state index in [0.29, 0.717) is 31.0 Å². The second kappa shape index (κ2) is 7.45. The van der Waals surface area contributed by atoms with Crippen LogP contribution >= 0.6 is 0 Å². The molecule has 18 heavy (non-hydrogen) atoms. The molecule has 1 aromatic carbocycles. The lowest BCUT2D eigenvalue weighted by molar-refractivity contribution is -0.384. The molecule has 5 nitrogen and oxygen atoms in total. The van der Waals surface area contributed by atoms with Crippen molar-refractivity contribution in [3.05, 3.63) is 46.5 Å². The van der Waals surface area contributed by atoms with Gasteiger partial charge in [0.1, 0.15) is 5.69 Å². The fourth-order valence-corrected chi connectivity index (χ4v) is 1.57. The maximum Gasteiger partial charge on any atom is 0.295 e. The highest BCUT2D eigenvalue weighted by Crippen LogP contribution is 2.27. The van der Waals surface area contributed by atoms with Gasteiger partial charge in [-0.25, -0.2) is 0 Å². The van der Waals surface area contributed by atoms with E-state index < -0.39 is 0 Å². The zero-order valence-corrected chi connectivity index (χ0v) is 10.5. The van der Waals surface area contributed by atoms with Crippen molar-refractivity contribution in [3.8, 4) is 0 Å². The number of para-hydroxylation sites is 1. The molecule has 0 fully saturated rings. The Kier molecular flexibility index (Phi) is 5.87. The van der Waals surface area contributed by atoms with Crippen LogP contribution in [0.25, 0.3) is 0 Å². The number of aryl methyl sites for hydroxylation is 1. The predicted molar refractivity (Wildman–Crippen MR) is 72.0 cm³/mol. The Balaban J connectivity index is 2.49. The molecule has 5 heteroatoms. The quantitative estimate of drug-likeness (QED) is 0.333. The minimum atomic E-state index is -0.365. The third kappa shape index (κ3) is 4.18. The standard InChI is InChI=1S/C13H18N2O3/c1-3-4-9-18-10-8-14-12-7-5-6-11(2)13(12)15(16)17/h3,5-7,14H,1,4,8-10H2,2H3. The largest absolute Gasteiger partial charge is 0.379 e. The molecular formula is C13H18N2O3. The fourth-order valence-electron chi connectivity index (χ4n) is 1.57. The van der Waals surface area contributed by atoms with Gasteiger partial charge in [-0.05, 0) is 19.4 Å². The Hall–Kier alpha value is -1.88. The van der Waals surface area contributed by atoms with Crippen LogP contribution in [-0.2, 0) is 4.74 Å². The van der Waals surface area contributed by atoms with E-state index in [0.717, 1.165) is 6.42 Å². The summed E-state index contributed by atoms with van der Waals surface area (Å²) in [6.45, 7) is 7.00. The van der Waals surface area contributed by atoms with Crippen LogP contribution in [0.4, 0.5) is 11.4 Å². The number of nitrogens with zero attached hydrogens (tertiary/aromatic N) is 1. The smallest absolute Gasteiger partial charge is 0.295 e. The highest BCUT2D eigenvalue weighted by Gasteiger charge is 2.15. The van der Waals surface area contributed by atoms with Crippen molar-refractivity contribution in [3.63, 3.8) is 0 Å². The maximum absolute atomic E-state index is 10.9. The van der Waals surface area contributed by atoms with Gasteiger partial charge in [0, 0.05) is 12.1 Å². The number of nitro groups is 1. The summed E-state index contributed by atoms with van der Waals surface area (Å²) >= 11 is 0. The van der Waals surface area contributed by atoms with Gasteiger partial charge in [-0.2, -0.15) is 0 Å². The highest BCUT2D eigenvalue weighted by molar-refractivity contribution is 5.64. The highest BCUT2D eigenvalue weighted by atomic mass is 16.6. The molecule has 98 valence electrons. The molecule has 1 N–H and O–H groups in total. The van der Waals surface area contributed by atoms with E-state index in [1.54, 1.807) is 31.2 Å². The predicted octanol–water partition coefficient (Wildman–Crippen LogP) is 2.91. The fraction of sp³-hybridized carbons (Fsp3) is 0.385. The molecule has 0 saturated carbocycles. The summed E-state index contributed by atoms with van der Waals surface area (Å²) in [4.78, 5) is 10.6. The normalized spacial score (nSPS) is 10.1. The topological polar surface area (TPSA) is 64.4 Å². The minimum absolute atomic E-state index is 0.128. The average molecular weight is 250 g/mol. The minimum Gasteiger partial charge on any atom is -0.379 e. The van der Waals surface area contributed by atoms with Crippen molar-refractivity contribution < 1.29 is 9.66 Å². The first-order valence-electron chi connectivity index (χ1n) is 5.83. The summed E-state index contributed by atoms with van der Waals surface area (Å²) in [5.74, 6) is 0. The van der Waals surface area contributed by atoms with E-state index in [1.807, 2.05) is 0 Å². The van der Waals surface area contributed by atoms with E-state index in [4.69, 9.17) is 4.74 Å². The van der Waals surface area contributed by atoms with E-state index in [2.05, 4.69) is 11.9 Å². The van der Waals surface area contributed by atoms with Gasteiger partial charge in [0.2, 0.25) is 0 Å². The van der Waals surface area contributed by atoms with Crippen LogP contribution in [0.5, 0.6) is 0 Å². The van der Waals surface area contributed by atoms with E-state index in [1.165, 1.54) is 0 Å². The van der Waals surface area contributed by atoms with Gasteiger partial charge >= 0.3 is 0 Å². The van der Waals surface area contributed by atoms with Crippen molar-refractivity contribution in [2.75, 3.05) is 25.1 Å². The molecule has 0 aliphatic carbocycles. The molecule has 0 saturated heterocycles. The zero-order chi connectivity index (χ0) is 13.4. The number of rotatable bonds is 8. The van der Waals surface area contributed by atoms with Gasteiger partial charge in [0.25, 0.3) is 5.69 Å². The average Bonchev–Trinajstić information content (AvgIpc) is 2.33. The van der Waals surface area contributed by atoms with Crippen molar-refractivity contribution in [1.82, 2.24) is 0 Å². The third-order valence-electron chi connectivity index (χ3n) is 2.45. The van der Waals surface area contributed by atoms with Crippen LogP contribution in [0, 0.1) is 17.0 Å². The molecule has 0 unspecified atom stereocenters. The Morgan fingerprint density at radius 2 is 2.28 bits per heavy atom. The molecule has 0 radical (unpaired) electrons. The molecular weight excluding hydrogens is 232 g/mol. The van der Waals surface area contributed by atoms with Crippen LogP contribution in [0.15, 0.2) is 30.9 Å². The first-order valence-corrected chi connectivity index (χ1v) is 5.83. The number of nitrogens with one attached hydrogen (secondary N) is 1. The molecule has 0 bridgehead atoms. The number of nitro benzene ring substituents is 1. The summed E-state index contributed by atoms with van der Waals surface area (Å²) in [5, 5.41) is 14.0. The Bertz CT molecular complexity index is 419. The van der Waals surface area contributed by atoms with Crippen molar-refractivity contribution in [2.24, 2.45) is 0 Å². The van der Waals surface area contributed by atoms with Crippen LogP contribution < -0.4 is 5.32 Å². The molecule has 0 atom stereocenters. The van der Waals surface area contributed by atoms with Gasteiger partial charge in [-0.1, -0.05) is 18.2 Å². The van der Waals surface area contributed by atoms with E-state index in [9.17, 15) is 10.1 Å².